The Morgan fingerprint density at radius 2 is 1.11 bits per heavy atom. The van der Waals surface area contributed by atoms with Crippen LogP contribution in [0.2, 0.25) is 0 Å². The van der Waals surface area contributed by atoms with Crippen molar-refractivity contribution in [2.75, 3.05) is 12.4 Å². The molecule has 0 spiro atoms. The van der Waals surface area contributed by atoms with Gasteiger partial charge in [-0.25, -0.2) is 0 Å². The normalized spacial score (nSPS) is 11.3. The zero-order chi connectivity index (χ0) is 25.1. The second-order valence-electron chi connectivity index (χ2n) is 9.37. The summed E-state index contributed by atoms with van der Waals surface area (Å²) in [5, 5.41) is 0. The fourth-order valence-corrected chi connectivity index (χ4v) is 4.49. The molecule has 0 saturated carbocycles. The molecule has 0 atom stereocenters. The van der Waals surface area contributed by atoms with Gasteiger partial charge < -0.3 is 4.74 Å². The zero-order valence-electron chi connectivity index (χ0n) is 21.6. The summed E-state index contributed by atoms with van der Waals surface area (Å²) in [4.78, 5) is 16.2. The highest BCUT2D eigenvalue weighted by atomic mass is 32.1. The molecule has 3 aromatic heterocycles. The van der Waals surface area contributed by atoms with Gasteiger partial charge in [-0.2, -0.15) is 12.6 Å². The van der Waals surface area contributed by atoms with Crippen molar-refractivity contribution in [1.82, 2.24) is 19.9 Å². The Hall–Kier alpha value is -2.28. The Kier molecular flexibility index (Phi) is 14.2. The fourth-order valence-electron chi connectivity index (χ4n) is 4.27. The third kappa shape index (κ3) is 12.1. The third-order valence-corrected chi connectivity index (χ3v) is 6.49. The lowest BCUT2D eigenvalue weighted by Crippen LogP contribution is -2.24. The molecule has 36 heavy (non-hydrogen) atoms. The summed E-state index contributed by atoms with van der Waals surface area (Å²) in [5.74, 6) is 1.02. The van der Waals surface area contributed by atoms with Crippen LogP contribution in [0.5, 0.6) is 0 Å². The van der Waals surface area contributed by atoms with E-state index in [9.17, 15) is 0 Å². The average Bonchev–Trinajstić information content (AvgIpc) is 2.91. The highest BCUT2D eigenvalue weighted by molar-refractivity contribution is 7.80. The van der Waals surface area contributed by atoms with E-state index in [2.05, 4.69) is 57.8 Å². The molecule has 5 nitrogen and oxygen atoms in total. The first-order valence-electron chi connectivity index (χ1n) is 13.5. The van der Waals surface area contributed by atoms with Crippen LogP contribution >= 0.6 is 12.6 Å². The minimum Gasteiger partial charge on any atom is -0.375 e. The van der Waals surface area contributed by atoms with Gasteiger partial charge in [-0.3, -0.25) is 19.9 Å². The van der Waals surface area contributed by atoms with E-state index in [0.29, 0.717) is 6.61 Å². The summed E-state index contributed by atoms with van der Waals surface area (Å²) >= 11 is 4.27. The van der Waals surface area contributed by atoms with Crippen molar-refractivity contribution in [2.45, 2.75) is 84.0 Å². The van der Waals surface area contributed by atoms with Gasteiger partial charge in [0.25, 0.3) is 0 Å². The highest BCUT2D eigenvalue weighted by Gasteiger charge is 2.11. The Morgan fingerprint density at radius 3 is 1.69 bits per heavy atom. The van der Waals surface area contributed by atoms with Crippen LogP contribution in [0.25, 0.3) is 0 Å². The number of rotatable bonds is 19. The second kappa shape index (κ2) is 18.0. The molecule has 3 heterocycles. The van der Waals surface area contributed by atoms with Crippen LogP contribution in [0.4, 0.5) is 0 Å². The molecule has 0 N–H and O–H groups in total. The first kappa shape index (κ1) is 28.3. The molecule has 0 aliphatic carbocycles. The predicted octanol–water partition coefficient (Wildman–Crippen LogP) is 7.03. The van der Waals surface area contributed by atoms with Gasteiger partial charge in [-0.15, -0.1) is 0 Å². The lowest BCUT2D eigenvalue weighted by atomic mass is 10.1. The lowest BCUT2D eigenvalue weighted by molar-refractivity contribution is 0.114. The van der Waals surface area contributed by atoms with Crippen molar-refractivity contribution >= 4 is 12.6 Å². The molecule has 0 radical (unpaired) electrons. The van der Waals surface area contributed by atoms with E-state index in [-0.39, 0.29) is 0 Å². The molecule has 0 amide bonds. The molecule has 0 aliphatic rings. The quantitative estimate of drug-likeness (QED) is 0.140. The highest BCUT2D eigenvalue weighted by Crippen LogP contribution is 2.13. The maximum atomic E-state index is 5.94. The van der Waals surface area contributed by atoms with E-state index < -0.39 is 0 Å². The number of ether oxygens (including phenoxy) is 1. The molecule has 0 fully saturated rings. The van der Waals surface area contributed by atoms with E-state index in [1.54, 1.807) is 0 Å². The summed E-state index contributed by atoms with van der Waals surface area (Å²) in [6.07, 6.45) is 15.4. The van der Waals surface area contributed by atoms with E-state index in [1.807, 2.05) is 36.7 Å². The molecule has 0 aliphatic heterocycles. The predicted molar refractivity (Wildman–Crippen MR) is 151 cm³/mol. The third-order valence-electron chi connectivity index (χ3n) is 6.17. The molecule has 0 aromatic carbocycles. The Morgan fingerprint density at radius 1 is 0.583 bits per heavy atom. The monoisotopic (exact) mass is 506 g/mol. The van der Waals surface area contributed by atoms with E-state index >= 15 is 0 Å². The number of pyridine rings is 3. The molecule has 3 rings (SSSR count). The van der Waals surface area contributed by atoms with Gasteiger partial charge in [0.2, 0.25) is 0 Å². The van der Waals surface area contributed by atoms with Gasteiger partial charge in [0.1, 0.15) is 0 Å². The van der Waals surface area contributed by atoms with Crippen molar-refractivity contribution in [3.05, 3.63) is 89.8 Å². The minimum absolute atomic E-state index is 0.569. The van der Waals surface area contributed by atoms with Crippen molar-refractivity contribution < 1.29 is 4.74 Å². The molecular formula is C30H42N4OS. The van der Waals surface area contributed by atoms with Crippen molar-refractivity contribution in [3.63, 3.8) is 0 Å². The van der Waals surface area contributed by atoms with Gasteiger partial charge >= 0.3 is 0 Å². The van der Waals surface area contributed by atoms with Gasteiger partial charge in [0.05, 0.1) is 29.4 Å². The molecule has 194 valence electrons. The second-order valence-corrected chi connectivity index (χ2v) is 9.81. The topological polar surface area (TPSA) is 51.1 Å². The molecular weight excluding hydrogens is 464 g/mol. The van der Waals surface area contributed by atoms with E-state index in [1.165, 1.54) is 51.4 Å². The summed E-state index contributed by atoms with van der Waals surface area (Å²) in [5.41, 5.74) is 4.12. The largest absolute Gasteiger partial charge is 0.375 e. The molecule has 6 heteroatoms. The van der Waals surface area contributed by atoms with Crippen molar-refractivity contribution in [3.8, 4) is 0 Å². The van der Waals surface area contributed by atoms with Gasteiger partial charge in [0.15, 0.2) is 0 Å². The molecule has 3 aromatic rings. The summed E-state index contributed by atoms with van der Waals surface area (Å²) < 4.78 is 5.94. The van der Waals surface area contributed by atoms with Crippen LogP contribution in [0, 0.1) is 0 Å². The molecule has 0 unspecified atom stereocenters. The van der Waals surface area contributed by atoms with Gasteiger partial charge in [-0.1, -0.05) is 63.1 Å². The first-order chi connectivity index (χ1) is 17.8. The minimum atomic E-state index is 0.569. The van der Waals surface area contributed by atoms with Crippen LogP contribution in [-0.4, -0.2) is 32.2 Å². The zero-order valence-corrected chi connectivity index (χ0v) is 22.5. The maximum Gasteiger partial charge on any atom is 0.0887 e. The molecule has 0 saturated heterocycles. The van der Waals surface area contributed by atoms with E-state index in [4.69, 9.17) is 9.72 Å². The Balaban J connectivity index is 1.39. The van der Waals surface area contributed by atoms with Crippen LogP contribution in [-0.2, 0) is 31.0 Å². The molecule has 0 bridgehead atoms. The van der Waals surface area contributed by atoms with Crippen LogP contribution in [0.1, 0.15) is 80.6 Å². The standard InChI is InChI=1S/C30H42N4OS/c36-22-13-7-5-3-1-2-4-6-12-21-35-26-30-18-14-17-29(33-30)25-34(23-27-15-8-10-19-31-27)24-28-16-9-11-20-32-28/h8-11,14-20,36H,1-7,12-13,21-26H2. The van der Waals surface area contributed by atoms with Gasteiger partial charge in [0, 0.05) is 38.6 Å². The summed E-state index contributed by atoms with van der Waals surface area (Å²) in [6, 6.07) is 18.3. The number of hydrogen-bond acceptors (Lipinski definition) is 6. The number of unbranched alkanes of at least 4 members (excludes halogenated alkanes) is 8. The average molecular weight is 507 g/mol. The number of thiol groups is 1. The summed E-state index contributed by atoms with van der Waals surface area (Å²) in [7, 11) is 0. The van der Waals surface area contributed by atoms with Crippen molar-refractivity contribution in [1.29, 1.82) is 0 Å². The number of nitrogens with zero attached hydrogens (tertiary/aromatic N) is 4. The first-order valence-corrected chi connectivity index (χ1v) is 14.1. The van der Waals surface area contributed by atoms with Crippen LogP contribution in [0.3, 0.4) is 0 Å². The summed E-state index contributed by atoms with van der Waals surface area (Å²) in [6.45, 7) is 3.60. The lowest BCUT2D eigenvalue weighted by Gasteiger charge is -2.21. The van der Waals surface area contributed by atoms with Gasteiger partial charge in [-0.05, 0) is 55.0 Å². The number of aromatic nitrogens is 3. The Labute approximate surface area is 223 Å². The van der Waals surface area contributed by atoms with E-state index in [0.717, 1.165) is 61.2 Å². The van der Waals surface area contributed by atoms with Crippen LogP contribution in [0.15, 0.2) is 67.0 Å². The van der Waals surface area contributed by atoms with Crippen molar-refractivity contribution in [2.24, 2.45) is 0 Å². The maximum absolute atomic E-state index is 5.94. The Bertz CT molecular complexity index is 900. The SMILES string of the molecule is SCCCCCCCCCCCOCc1cccc(CN(Cc2ccccn2)Cc2ccccn2)n1. The number of hydrogen-bond donors (Lipinski definition) is 1. The smallest absolute Gasteiger partial charge is 0.0887 e. The fraction of sp³-hybridized carbons (Fsp3) is 0.500. The van der Waals surface area contributed by atoms with Crippen LogP contribution < -0.4 is 0 Å².